The van der Waals surface area contributed by atoms with E-state index in [0.717, 1.165) is 0 Å². The molecule has 4 heteroatoms. The average Bonchev–Trinajstić information content (AvgIpc) is 0. The molecule has 0 fully saturated rings. The van der Waals surface area contributed by atoms with Gasteiger partial charge in [-0.25, -0.2) is 0 Å². The molecule has 0 atom stereocenters. The van der Waals surface area contributed by atoms with Gasteiger partial charge in [-0.1, -0.05) is 0 Å². The Balaban J connectivity index is 0. The van der Waals surface area contributed by atoms with E-state index in [0.29, 0.717) is 0 Å². The Bertz CT molecular complexity index is 6.00. The van der Waals surface area contributed by atoms with Crippen LogP contribution in [0.4, 0.5) is 0 Å². The number of rotatable bonds is 0. The van der Waals surface area contributed by atoms with Crippen LogP contribution in [0.3, 0.4) is 0 Å². The summed E-state index contributed by atoms with van der Waals surface area (Å²) in [5.74, 6) is 0. The van der Waals surface area contributed by atoms with E-state index in [1.807, 2.05) is 0 Å². The maximum absolute atomic E-state index is 0. The molecular weight excluding hydrogens is 153 g/mol. The van der Waals surface area contributed by atoms with E-state index in [2.05, 4.69) is 0 Å². The Morgan fingerprint density at radius 1 is 0.750 bits per heavy atom. The van der Waals surface area contributed by atoms with Gasteiger partial charge in [-0.3, -0.25) is 0 Å². The van der Waals surface area contributed by atoms with Gasteiger partial charge >= 0.3 is 17.1 Å². The predicted molar refractivity (Wildman–Crippen MR) is 1.37 cm³/mol. The van der Waals surface area contributed by atoms with Gasteiger partial charge in [0.25, 0.3) is 0 Å². The third-order valence-corrected chi connectivity index (χ3v) is 0. The zero-order valence-corrected chi connectivity index (χ0v) is 5.95. The topological polar surface area (TPSA) is 57.0 Å². The summed E-state index contributed by atoms with van der Waals surface area (Å²) < 4.78 is 0. The molecule has 0 spiro atoms. The molecule has 0 amide bonds. The molecule has 0 unspecified atom stereocenters. The van der Waals surface area contributed by atoms with E-state index in [9.17, 15) is 0 Å². The van der Waals surface area contributed by atoms with Crippen LogP contribution in [0.25, 0.3) is 0 Å². The van der Waals surface area contributed by atoms with Crippen LogP contribution >= 0.6 is 0 Å². The van der Waals surface area contributed by atoms with Gasteiger partial charge in [-0.2, -0.15) is 0 Å². The first-order valence-corrected chi connectivity index (χ1v) is 0. The summed E-state index contributed by atoms with van der Waals surface area (Å²) in [5, 5.41) is 0. The molecule has 0 aromatic heterocycles. The third-order valence-electron chi connectivity index (χ3n) is 0. The molecule has 0 bridgehead atoms. The summed E-state index contributed by atoms with van der Waals surface area (Å²) in [4.78, 5) is 0. The van der Waals surface area contributed by atoms with Crippen molar-refractivity contribution in [2.75, 3.05) is 0 Å². The van der Waals surface area contributed by atoms with Crippen molar-refractivity contribution >= 4 is 0 Å². The minimum absolute atomic E-state index is 0. The second-order valence-electron chi connectivity index (χ2n) is 0. The van der Waals surface area contributed by atoms with E-state index in [1.165, 1.54) is 0 Å². The standard InChI is InChI=1S/Fe.2O.Zn/q+3;2*-2;. The first kappa shape index (κ1) is 74.0. The minimum Gasteiger partial charge on any atom is -2.00 e. The summed E-state index contributed by atoms with van der Waals surface area (Å²) in [6.45, 7) is 0. The molecule has 1 radical (unpaired) electrons. The third kappa shape index (κ3) is 11.5. The van der Waals surface area contributed by atoms with Crippen LogP contribution in [-0.2, 0) is 47.5 Å². The van der Waals surface area contributed by atoms with Gasteiger partial charge in [0.2, 0.25) is 0 Å². The van der Waals surface area contributed by atoms with E-state index in [4.69, 9.17) is 0 Å². The van der Waals surface area contributed by atoms with Gasteiger partial charge in [0, 0.05) is 19.5 Å². The molecule has 4 heavy (non-hydrogen) atoms. The van der Waals surface area contributed by atoms with Crippen molar-refractivity contribution in [3.05, 3.63) is 0 Å². The Labute approximate surface area is 47.8 Å². The van der Waals surface area contributed by atoms with Crippen molar-refractivity contribution in [1.82, 2.24) is 0 Å². The van der Waals surface area contributed by atoms with Crippen LogP contribution < -0.4 is 0 Å². The molecule has 2 nitrogen and oxygen atoms in total. The Kier molecular flexibility index (Phi) is 624. The fraction of sp³-hybridized carbons (Fsp3) is 0. The zero-order chi connectivity index (χ0) is 0. The number of hydrogen-bond donors (Lipinski definition) is 0. The molecule has 0 aliphatic carbocycles. The average molecular weight is 153 g/mol. The summed E-state index contributed by atoms with van der Waals surface area (Å²) in [5.41, 5.74) is 0. The maximum Gasteiger partial charge on any atom is 3.00 e. The van der Waals surface area contributed by atoms with Crippen LogP contribution in [0.5, 0.6) is 0 Å². The van der Waals surface area contributed by atoms with Crippen LogP contribution in [0, 0.1) is 0 Å². The summed E-state index contributed by atoms with van der Waals surface area (Å²) >= 11 is 0. The summed E-state index contributed by atoms with van der Waals surface area (Å²) in [6, 6.07) is 0. The second kappa shape index (κ2) is 33.7. The second-order valence-corrected chi connectivity index (χ2v) is 0. The molecule has 23 valence electrons. The van der Waals surface area contributed by atoms with Gasteiger partial charge in [0.1, 0.15) is 0 Å². The van der Waals surface area contributed by atoms with E-state index in [-0.39, 0.29) is 47.5 Å². The largest absolute Gasteiger partial charge is 3.00 e. The predicted octanol–water partition coefficient (Wildman–Crippen LogP) is -0.243. The Hall–Kier alpha value is 1.06. The molecule has 0 saturated heterocycles. The van der Waals surface area contributed by atoms with E-state index < -0.39 is 0 Å². The van der Waals surface area contributed by atoms with Crippen LogP contribution in [-0.4, -0.2) is 0 Å². The normalized spacial score (nSPS) is 0. The van der Waals surface area contributed by atoms with Crippen LogP contribution in [0.15, 0.2) is 0 Å². The van der Waals surface area contributed by atoms with Crippen molar-refractivity contribution in [1.29, 1.82) is 0 Å². The Morgan fingerprint density at radius 2 is 0.750 bits per heavy atom. The molecule has 0 aliphatic rings. The van der Waals surface area contributed by atoms with Crippen molar-refractivity contribution in [2.45, 2.75) is 0 Å². The van der Waals surface area contributed by atoms with Gasteiger partial charge in [0.15, 0.2) is 0 Å². The fourth-order valence-corrected chi connectivity index (χ4v) is 0. The maximum atomic E-state index is 0. The van der Waals surface area contributed by atoms with Gasteiger partial charge in [-0.05, 0) is 0 Å². The van der Waals surface area contributed by atoms with Crippen molar-refractivity contribution in [2.24, 2.45) is 0 Å². The quantitative estimate of drug-likeness (QED) is 0.431. The summed E-state index contributed by atoms with van der Waals surface area (Å²) in [6.07, 6.45) is 0. The molecule has 0 heterocycles. The van der Waals surface area contributed by atoms with Crippen molar-refractivity contribution < 1.29 is 47.5 Å². The SMILES string of the molecule is [Fe+3].[O-2].[O-2].[Zn]. The van der Waals surface area contributed by atoms with Gasteiger partial charge in [-0.15, -0.1) is 0 Å². The monoisotopic (exact) mass is 152 g/mol. The molecular formula is FeO2Zn-. The van der Waals surface area contributed by atoms with E-state index in [1.54, 1.807) is 0 Å². The van der Waals surface area contributed by atoms with Gasteiger partial charge in [0.05, 0.1) is 0 Å². The van der Waals surface area contributed by atoms with Crippen molar-refractivity contribution in [3.8, 4) is 0 Å². The summed E-state index contributed by atoms with van der Waals surface area (Å²) in [7, 11) is 0. The van der Waals surface area contributed by atoms with Gasteiger partial charge < -0.3 is 11.0 Å². The molecule has 0 rings (SSSR count). The molecule has 0 N–H and O–H groups in total. The zero-order valence-electron chi connectivity index (χ0n) is 1.88. The van der Waals surface area contributed by atoms with E-state index >= 15 is 0 Å². The Morgan fingerprint density at radius 3 is 0.750 bits per heavy atom. The molecule has 0 aromatic carbocycles. The molecule has 0 aromatic rings. The van der Waals surface area contributed by atoms with Crippen LogP contribution in [0.2, 0.25) is 0 Å². The minimum atomic E-state index is 0. The fourth-order valence-electron chi connectivity index (χ4n) is 0. The first-order chi connectivity index (χ1) is 0. The molecule has 0 saturated carbocycles. The number of hydrogen-bond acceptors (Lipinski definition) is 0. The van der Waals surface area contributed by atoms with Crippen molar-refractivity contribution in [3.63, 3.8) is 0 Å². The van der Waals surface area contributed by atoms with Crippen LogP contribution in [0.1, 0.15) is 0 Å². The molecule has 0 aliphatic heterocycles. The smallest absolute Gasteiger partial charge is 2.00 e. The first-order valence-electron chi connectivity index (χ1n) is 0.